The van der Waals surface area contributed by atoms with E-state index in [4.69, 9.17) is 20.7 Å². The van der Waals surface area contributed by atoms with E-state index in [0.29, 0.717) is 11.3 Å². The molecule has 4 atom stereocenters. The number of nitrogens with zero attached hydrogens (tertiary/aromatic N) is 1. The first-order valence-corrected chi connectivity index (χ1v) is 17.0. The molecule has 278 valence electrons. The van der Waals surface area contributed by atoms with E-state index in [1.165, 1.54) is 6.20 Å². The van der Waals surface area contributed by atoms with Gasteiger partial charge in [0.2, 0.25) is 29.5 Å². The van der Waals surface area contributed by atoms with E-state index < -0.39 is 59.8 Å². The average Bonchev–Trinajstić information content (AvgIpc) is 3.64. The van der Waals surface area contributed by atoms with Crippen molar-refractivity contribution in [3.63, 3.8) is 0 Å². The minimum absolute atomic E-state index is 0.00425. The van der Waals surface area contributed by atoms with Crippen molar-refractivity contribution in [3.05, 3.63) is 95.9 Å². The number of aromatic nitrogens is 1. The normalized spacial score (nSPS) is 13.4. The lowest BCUT2D eigenvalue weighted by molar-refractivity contribution is -0.133. The molecule has 0 bridgehead atoms. The smallest absolute Gasteiger partial charge is 0.408 e. The van der Waals surface area contributed by atoms with Crippen molar-refractivity contribution in [2.45, 2.75) is 83.1 Å². The summed E-state index contributed by atoms with van der Waals surface area (Å²) >= 11 is 0. The third-order valence-corrected chi connectivity index (χ3v) is 7.74. The first kappa shape index (κ1) is 40.4. The molecule has 0 aliphatic rings. The van der Waals surface area contributed by atoms with Crippen LogP contribution in [0.15, 0.2) is 83.5 Å². The summed E-state index contributed by atoms with van der Waals surface area (Å²) in [5.74, 6) is -2.93. The van der Waals surface area contributed by atoms with Crippen LogP contribution in [0.1, 0.15) is 62.8 Å². The van der Waals surface area contributed by atoms with E-state index in [0.717, 1.165) is 5.56 Å². The van der Waals surface area contributed by atoms with Gasteiger partial charge in [0.1, 0.15) is 24.7 Å². The van der Waals surface area contributed by atoms with Crippen LogP contribution < -0.4 is 32.7 Å². The zero-order valence-electron chi connectivity index (χ0n) is 29.3. The Bertz CT molecular complexity index is 1630. The van der Waals surface area contributed by atoms with Crippen LogP contribution in [-0.2, 0) is 41.7 Å². The quantitative estimate of drug-likeness (QED) is 0.0946. The minimum atomic E-state index is -1.26. The highest BCUT2D eigenvalue weighted by atomic mass is 16.5. The fraction of sp³-hybridized carbons (Fsp3) is 0.378. The third-order valence-electron chi connectivity index (χ3n) is 7.74. The minimum Gasteiger partial charge on any atom is -0.445 e. The van der Waals surface area contributed by atoms with Gasteiger partial charge in [-0.1, -0.05) is 85.7 Å². The molecule has 0 spiro atoms. The van der Waals surface area contributed by atoms with E-state index in [-0.39, 0.29) is 51.0 Å². The van der Waals surface area contributed by atoms with Gasteiger partial charge in [0.15, 0.2) is 5.76 Å². The maximum Gasteiger partial charge on any atom is 0.408 e. The molecular weight excluding hydrogens is 670 g/mol. The summed E-state index contributed by atoms with van der Waals surface area (Å²) in [6, 6.07) is 15.3. The van der Waals surface area contributed by atoms with Gasteiger partial charge in [0, 0.05) is 31.4 Å². The van der Waals surface area contributed by atoms with Crippen molar-refractivity contribution in [2.75, 3.05) is 0 Å². The van der Waals surface area contributed by atoms with Gasteiger partial charge in [0.05, 0.1) is 6.20 Å². The predicted molar refractivity (Wildman–Crippen MR) is 191 cm³/mol. The molecule has 0 unspecified atom stereocenters. The summed E-state index contributed by atoms with van der Waals surface area (Å²) in [4.78, 5) is 77.3. The second-order valence-corrected chi connectivity index (χ2v) is 12.6. The Labute approximate surface area is 302 Å². The zero-order chi connectivity index (χ0) is 37.9. The molecule has 0 radical (unpaired) electrons. The van der Waals surface area contributed by atoms with Crippen LogP contribution in [0, 0.1) is 5.92 Å². The topological polar surface area (TPSA) is 238 Å². The number of rotatable bonds is 21. The number of hydrogen-bond donors (Lipinski definition) is 6. The standard InChI is InChI=1S/C37H47N7O8/c1-24(2)21-30(44-37(50)51-23-26-11-7-4-8-12-26)35(48)43-31(22-25-9-5-3-6-10-25)36(49)42-29(16-18-33(39)46)34(47)41-27(14-17-32(38)45)13-15-28-19-20-40-52-28/h3-13,15,19-20,24,27,29-31H,14,16-18,21-23H2,1-2H3,(H2,38,45)(H2,39,46)(H,41,47)(H,42,49)(H,43,48)(H,44,50)/b15-13+/t27-,29+,30+,31+/m1/s1. The van der Waals surface area contributed by atoms with Gasteiger partial charge in [0.25, 0.3) is 0 Å². The van der Waals surface area contributed by atoms with Crippen molar-refractivity contribution >= 4 is 41.7 Å². The molecular formula is C37H47N7O8. The van der Waals surface area contributed by atoms with Crippen LogP contribution in [0.3, 0.4) is 0 Å². The van der Waals surface area contributed by atoms with E-state index in [1.807, 2.05) is 32.0 Å². The summed E-state index contributed by atoms with van der Waals surface area (Å²) in [6.07, 6.45) is 3.74. The molecule has 0 aliphatic heterocycles. The molecule has 15 heteroatoms. The fourth-order valence-electron chi connectivity index (χ4n) is 5.09. The lowest BCUT2D eigenvalue weighted by atomic mass is 10.0. The Morgan fingerprint density at radius 3 is 1.90 bits per heavy atom. The number of carbonyl (C=O) groups excluding carboxylic acids is 6. The van der Waals surface area contributed by atoms with Gasteiger partial charge >= 0.3 is 6.09 Å². The summed E-state index contributed by atoms with van der Waals surface area (Å²) in [5.41, 5.74) is 12.2. The lowest BCUT2D eigenvalue weighted by Gasteiger charge is -2.26. The van der Waals surface area contributed by atoms with Gasteiger partial charge in [-0.3, -0.25) is 24.0 Å². The molecule has 3 aromatic rings. The van der Waals surface area contributed by atoms with Crippen molar-refractivity contribution in [1.82, 2.24) is 26.4 Å². The molecule has 0 saturated carbocycles. The number of primary amides is 2. The Balaban J connectivity index is 1.80. The summed E-state index contributed by atoms with van der Waals surface area (Å²) in [5, 5.41) is 14.4. The SMILES string of the molecule is CC(C)C[C@H](NC(=O)OCc1ccccc1)C(=O)N[C@@H](Cc1ccccc1)C(=O)N[C@@H](CCC(N)=O)C(=O)N[C@H](/C=C/c1ccno1)CCC(N)=O. The Hall–Kier alpha value is -5.99. The zero-order valence-corrected chi connectivity index (χ0v) is 29.3. The van der Waals surface area contributed by atoms with Crippen LogP contribution in [-0.4, -0.2) is 65.0 Å². The van der Waals surface area contributed by atoms with Crippen LogP contribution in [0.4, 0.5) is 4.79 Å². The highest BCUT2D eigenvalue weighted by Crippen LogP contribution is 2.11. The second kappa shape index (κ2) is 21.3. The second-order valence-electron chi connectivity index (χ2n) is 12.6. The van der Waals surface area contributed by atoms with Crippen LogP contribution in [0.2, 0.25) is 0 Å². The van der Waals surface area contributed by atoms with Crippen molar-refractivity contribution in [1.29, 1.82) is 0 Å². The Morgan fingerprint density at radius 2 is 1.31 bits per heavy atom. The predicted octanol–water partition coefficient (Wildman–Crippen LogP) is 2.26. The number of ether oxygens (including phenoxy) is 1. The van der Waals surface area contributed by atoms with E-state index in [1.54, 1.807) is 60.7 Å². The van der Waals surface area contributed by atoms with Crippen molar-refractivity contribution in [3.8, 4) is 0 Å². The number of hydrogen-bond acceptors (Lipinski definition) is 9. The highest BCUT2D eigenvalue weighted by Gasteiger charge is 2.31. The molecule has 0 fully saturated rings. The Kier molecular flexibility index (Phi) is 16.5. The van der Waals surface area contributed by atoms with Crippen LogP contribution >= 0.6 is 0 Å². The van der Waals surface area contributed by atoms with Gasteiger partial charge in [-0.2, -0.15) is 0 Å². The molecule has 1 heterocycles. The van der Waals surface area contributed by atoms with E-state index >= 15 is 0 Å². The van der Waals surface area contributed by atoms with Crippen LogP contribution in [0.25, 0.3) is 6.08 Å². The first-order chi connectivity index (χ1) is 24.9. The average molecular weight is 718 g/mol. The molecule has 1 aromatic heterocycles. The number of alkyl carbamates (subject to hydrolysis) is 1. The van der Waals surface area contributed by atoms with Crippen LogP contribution in [0.5, 0.6) is 0 Å². The molecule has 6 amide bonds. The van der Waals surface area contributed by atoms with Gasteiger partial charge < -0.3 is 42.0 Å². The monoisotopic (exact) mass is 717 g/mol. The first-order valence-electron chi connectivity index (χ1n) is 17.0. The van der Waals surface area contributed by atoms with Gasteiger partial charge in [-0.05, 0) is 42.4 Å². The van der Waals surface area contributed by atoms with E-state index in [2.05, 4.69) is 26.4 Å². The summed E-state index contributed by atoms with van der Waals surface area (Å²) in [7, 11) is 0. The molecule has 2 aromatic carbocycles. The molecule has 8 N–H and O–H groups in total. The summed E-state index contributed by atoms with van der Waals surface area (Å²) in [6.45, 7) is 3.76. The third kappa shape index (κ3) is 15.3. The van der Waals surface area contributed by atoms with Crippen molar-refractivity contribution < 1.29 is 38.0 Å². The van der Waals surface area contributed by atoms with Crippen molar-refractivity contribution in [2.24, 2.45) is 17.4 Å². The molecule has 52 heavy (non-hydrogen) atoms. The number of amides is 6. The molecule has 15 nitrogen and oxygen atoms in total. The van der Waals surface area contributed by atoms with E-state index in [9.17, 15) is 28.8 Å². The maximum atomic E-state index is 13.9. The maximum absolute atomic E-state index is 13.9. The highest BCUT2D eigenvalue weighted by molar-refractivity contribution is 5.94. The molecule has 3 rings (SSSR count). The number of carbonyl (C=O) groups is 6. The van der Waals surface area contributed by atoms with Gasteiger partial charge in [-0.15, -0.1) is 0 Å². The fourth-order valence-corrected chi connectivity index (χ4v) is 5.09. The molecule has 0 aliphatic carbocycles. The molecule has 0 saturated heterocycles. The number of benzene rings is 2. The lowest BCUT2D eigenvalue weighted by Crippen LogP contribution is -2.58. The number of nitrogens with one attached hydrogen (secondary N) is 4. The number of nitrogens with two attached hydrogens (primary N) is 2. The van der Waals surface area contributed by atoms with Gasteiger partial charge in [-0.25, -0.2) is 4.79 Å². The summed E-state index contributed by atoms with van der Waals surface area (Å²) < 4.78 is 10.4. The largest absolute Gasteiger partial charge is 0.445 e. The Morgan fingerprint density at radius 1 is 0.731 bits per heavy atom.